The van der Waals surface area contributed by atoms with Gasteiger partial charge in [0.2, 0.25) is 0 Å². The minimum Gasteiger partial charge on any atom is -0.376 e. The van der Waals surface area contributed by atoms with Gasteiger partial charge in [0.25, 0.3) is 0 Å². The molecule has 1 atom stereocenters. The Bertz CT molecular complexity index is 550. The van der Waals surface area contributed by atoms with Crippen molar-refractivity contribution < 1.29 is 4.39 Å². The van der Waals surface area contributed by atoms with Crippen LogP contribution in [0.2, 0.25) is 5.02 Å². The maximum atomic E-state index is 13.1. The van der Waals surface area contributed by atoms with Gasteiger partial charge in [0, 0.05) is 13.8 Å². The average Bonchev–Trinajstić information content (AvgIpc) is 2.69. The maximum absolute atomic E-state index is 13.1. The summed E-state index contributed by atoms with van der Waals surface area (Å²) < 4.78 is 14.8. The van der Waals surface area contributed by atoms with E-state index < -0.39 is 0 Å². The lowest BCUT2D eigenvalue weighted by Crippen LogP contribution is -2.06. The van der Waals surface area contributed by atoms with Crippen molar-refractivity contribution in [1.82, 2.24) is 0 Å². The highest BCUT2D eigenvalue weighted by Gasteiger charge is 2.15. The number of halogens is 4. The van der Waals surface area contributed by atoms with Crippen molar-refractivity contribution in [2.24, 2.45) is 0 Å². The second-order valence-electron chi connectivity index (χ2n) is 3.74. The van der Waals surface area contributed by atoms with E-state index in [1.807, 2.05) is 18.4 Å². The molecule has 0 saturated heterocycles. The lowest BCUT2D eigenvalue weighted by molar-refractivity contribution is 0.627. The van der Waals surface area contributed by atoms with Crippen molar-refractivity contribution in [3.05, 3.63) is 48.2 Å². The van der Waals surface area contributed by atoms with E-state index in [2.05, 4.69) is 37.2 Å². The summed E-state index contributed by atoms with van der Waals surface area (Å²) in [5.41, 5.74) is 0.700. The standard InChI is InChI=1S/C12H9Br2ClFNS/c1-6(12-8(13)2-3-18-12)17-11-9(14)4-7(16)5-10(11)15/h2-6,17H,1H3. The van der Waals surface area contributed by atoms with E-state index in [4.69, 9.17) is 11.6 Å². The van der Waals surface area contributed by atoms with Crippen molar-refractivity contribution in [1.29, 1.82) is 0 Å². The quantitative estimate of drug-likeness (QED) is 0.628. The first-order chi connectivity index (χ1) is 8.49. The van der Waals surface area contributed by atoms with Crippen LogP contribution in [0.15, 0.2) is 32.5 Å². The molecule has 0 aliphatic carbocycles. The summed E-state index contributed by atoms with van der Waals surface area (Å²) in [7, 11) is 0. The normalized spacial score (nSPS) is 12.5. The summed E-state index contributed by atoms with van der Waals surface area (Å²) in [5.74, 6) is -0.359. The maximum Gasteiger partial charge on any atom is 0.125 e. The van der Waals surface area contributed by atoms with Gasteiger partial charge >= 0.3 is 0 Å². The third kappa shape index (κ3) is 3.07. The zero-order valence-corrected chi connectivity index (χ0v) is 14.1. The van der Waals surface area contributed by atoms with Gasteiger partial charge in [0.15, 0.2) is 0 Å². The van der Waals surface area contributed by atoms with E-state index >= 15 is 0 Å². The Labute approximate surface area is 131 Å². The van der Waals surface area contributed by atoms with Crippen LogP contribution in [0.4, 0.5) is 10.1 Å². The lowest BCUT2D eigenvalue weighted by Gasteiger charge is -2.17. The molecule has 0 fully saturated rings. The van der Waals surface area contributed by atoms with Gasteiger partial charge in [-0.25, -0.2) is 4.39 Å². The largest absolute Gasteiger partial charge is 0.376 e. The van der Waals surface area contributed by atoms with Crippen LogP contribution in [0.1, 0.15) is 17.8 Å². The fourth-order valence-electron chi connectivity index (χ4n) is 1.58. The highest BCUT2D eigenvalue weighted by atomic mass is 79.9. The Morgan fingerprint density at radius 2 is 2.06 bits per heavy atom. The number of thiophene rings is 1. The third-order valence-corrected chi connectivity index (χ3v) is 5.38. The van der Waals surface area contributed by atoms with Gasteiger partial charge in [0.05, 0.1) is 16.8 Å². The third-order valence-electron chi connectivity index (χ3n) is 2.41. The molecule has 0 radical (unpaired) electrons. The first-order valence-electron chi connectivity index (χ1n) is 5.13. The summed E-state index contributed by atoms with van der Waals surface area (Å²) in [5, 5.41) is 5.66. The molecule has 96 valence electrons. The van der Waals surface area contributed by atoms with Crippen molar-refractivity contribution in [2.75, 3.05) is 5.32 Å². The molecule has 0 spiro atoms. The van der Waals surface area contributed by atoms with Gasteiger partial charge in [-0.15, -0.1) is 11.3 Å². The molecule has 1 nitrogen and oxygen atoms in total. The van der Waals surface area contributed by atoms with Gasteiger partial charge in [-0.1, -0.05) is 11.6 Å². The SMILES string of the molecule is CC(Nc1c(Cl)cc(F)cc1Br)c1sccc1Br. The molecule has 1 aromatic heterocycles. The molecule has 0 saturated carbocycles. The molecular formula is C12H9Br2ClFNS. The number of nitrogens with one attached hydrogen (secondary N) is 1. The molecule has 0 bridgehead atoms. The highest BCUT2D eigenvalue weighted by molar-refractivity contribution is 9.11. The predicted octanol–water partition coefficient (Wildman–Crippen LogP) is 6.24. The van der Waals surface area contributed by atoms with Crippen molar-refractivity contribution in [2.45, 2.75) is 13.0 Å². The number of rotatable bonds is 3. The summed E-state index contributed by atoms with van der Waals surface area (Å²) in [6, 6.07) is 4.77. The van der Waals surface area contributed by atoms with Gasteiger partial charge in [-0.05, 0) is 62.4 Å². The first kappa shape index (κ1) is 14.3. The monoisotopic (exact) mass is 411 g/mol. The molecular weight excluding hydrogens is 404 g/mol. The number of hydrogen-bond donors (Lipinski definition) is 1. The number of anilines is 1. The van der Waals surface area contributed by atoms with E-state index in [0.29, 0.717) is 15.2 Å². The fourth-order valence-corrected chi connectivity index (χ4v) is 4.22. The van der Waals surface area contributed by atoms with Crippen molar-refractivity contribution >= 4 is 60.5 Å². The molecule has 0 aliphatic heterocycles. The Kier molecular flexibility index (Phi) is 4.69. The first-order valence-corrected chi connectivity index (χ1v) is 7.97. The van der Waals surface area contributed by atoms with Crippen molar-refractivity contribution in [3.63, 3.8) is 0 Å². The Hall–Kier alpha value is -0.100. The second-order valence-corrected chi connectivity index (χ2v) is 6.81. The molecule has 18 heavy (non-hydrogen) atoms. The molecule has 1 aromatic carbocycles. The van der Waals surface area contributed by atoms with E-state index in [0.717, 1.165) is 4.47 Å². The molecule has 6 heteroatoms. The summed E-state index contributed by atoms with van der Waals surface area (Å²) >= 11 is 14.5. The molecule has 0 aliphatic rings. The summed E-state index contributed by atoms with van der Waals surface area (Å²) in [4.78, 5) is 1.17. The Morgan fingerprint density at radius 1 is 1.33 bits per heavy atom. The Balaban J connectivity index is 2.27. The van der Waals surface area contributed by atoms with Gasteiger partial charge in [0.1, 0.15) is 5.82 Å². The van der Waals surface area contributed by atoms with Crippen LogP contribution in [0.5, 0.6) is 0 Å². The lowest BCUT2D eigenvalue weighted by atomic mass is 10.2. The Morgan fingerprint density at radius 3 is 2.61 bits per heavy atom. The molecule has 0 amide bonds. The van der Waals surface area contributed by atoms with Crippen LogP contribution >= 0.6 is 54.8 Å². The van der Waals surface area contributed by atoms with E-state index in [-0.39, 0.29) is 11.9 Å². The number of hydrogen-bond acceptors (Lipinski definition) is 2. The smallest absolute Gasteiger partial charge is 0.125 e. The molecule has 1 heterocycles. The average molecular weight is 414 g/mol. The summed E-state index contributed by atoms with van der Waals surface area (Å²) in [6.45, 7) is 2.03. The summed E-state index contributed by atoms with van der Waals surface area (Å²) in [6.07, 6.45) is 0. The number of benzene rings is 1. The van der Waals surface area contributed by atoms with Crippen LogP contribution < -0.4 is 5.32 Å². The van der Waals surface area contributed by atoms with E-state index in [1.165, 1.54) is 17.0 Å². The van der Waals surface area contributed by atoms with E-state index in [9.17, 15) is 4.39 Å². The minimum absolute atomic E-state index is 0.0821. The predicted molar refractivity (Wildman–Crippen MR) is 83.2 cm³/mol. The fraction of sp³-hybridized carbons (Fsp3) is 0.167. The highest BCUT2D eigenvalue weighted by Crippen LogP contribution is 2.37. The van der Waals surface area contributed by atoms with Crippen LogP contribution in [0.3, 0.4) is 0 Å². The topological polar surface area (TPSA) is 12.0 Å². The van der Waals surface area contributed by atoms with Crippen LogP contribution in [-0.4, -0.2) is 0 Å². The zero-order valence-electron chi connectivity index (χ0n) is 9.31. The molecule has 2 aromatic rings. The molecule has 1 unspecified atom stereocenters. The molecule has 2 rings (SSSR count). The van der Waals surface area contributed by atoms with Gasteiger partial charge in [-0.2, -0.15) is 0 Å². The zero-order chi connectivity index (χ0) is 13.3. The van der Waals surface area contributed by atoms with Crippen LogP contribution in [-0.2, 0) is 0 Å². The second kappa shape index (κ2) is 5.90. The van der Waals surface area contributed by atoms with E-state index in [1.54, 1.807) is 11.3 Å². The van der Waals surface area contributed by atoms with Crippen LogP contribution in [0.25, 0.3) is 0 Å². The molecule has 1 N–H and O–H groups in total. The van der Waals surface area contributed by atoms with Gasteiger partial charge in [-0.3, -0.25) is 0 Å². The van der Waals surface area contributed by atoms with Gasteiger partial charge < -0.3 is 5.32 Å². The van der Waals surface area contributed by atoms with Crippen LogP contribution in [0, 0.1) is 5.82 Å². The minimum atomic E-state index is -0.359. The van der Waals surface area contributed by atoms with Crippen molar-refractivity contribution in [3.8, 4) is 0 Å².